The second kappa shape index (κ2) is 6.07. The van der Waals surface area contributed by atoms with E-state index >= 15 is 0 Å². The van der Waals surface area contributed by atoms with Crippen molar-refractivity contribution in [2.24, 2.45) is 7.05 Å². The molecule has 0 spiro atoms. The van der Waals surface area contributed by atoms with Crippen molar-refractivity contribution < 1.29 is 13.2 Å². The Morgan fingerprint density at radius 1 is 1.23 bits per heavy atom. The molecule has 22 heavy (non-hydrogen) atoms. The molecule has 0 fully saturated rings. The van der Waals surface area contributed by atoms with Crippen LogP contribution in [0.5, 0.6) is 0 Å². The van der Waals surface area contributed by atoms with Crippen molar-refractivity contribution in [3.63, 3.8) is 0 Å². The number of hydrazine groups is 1. The third-order valence-corrected chi connectivity index (χ3v) is 4.87. The fraction of sp³-hybridized carbons (Fsp3) is 0.231. The summed E-state index contributed by atoms with van der Waals surface area (Å²) in [4.78, 5) is 14.0. The van der Waals surface area contributed by atoms with Gasteiger partial charge in [0, 0.05) is 17.6 Å². The van der Waals surface area contributed by atoms with Crippen LogP contribution in [0.2, 0.25) is 5.02 Å². The van der Waals surface area contributed by atoms with Crippen LogP contribution in [0.25, 0.3) is 0 Å². The van der Waals surface area contributed by atoms with Gasteiger partial charge in [0.1, 0.15) is 4.90 Å². The number of aryl methyl sites for hydroxylation is 2. The van der Waals surface area contributed by atoms with Crippen molar-refractivity contribution in [3.8, 4) is 0 Å². The summed E-state index contributed by atoms with van der Waals surface area (Å²) in [5.41, 5.74) is 3.28. The third kappa shape index (κ3) is 3.29. The van der Waals surface area contributed by atoms with E-state index in [0.717, 1.165) is 0 Å². The maximum Gasteiger partial charge on any atom is 0.266 e. The molecule has 0 aliphatic rings. The second-order valence-electron chi connectivity index (χ2n) is 4.69. The number of rotatable bonds is 4. The summed E-state index contributed by atoms with van der Waals surface area (Å²) < 4.78 is 26.0. The van der Waals surface area contributed by atoms with Crippen LogP contribution in [0, 0.1) is 13.8 Å². The highest BCUT2D eigenvalue weighted by atomic mass is 35.5. The van der Waals surface area contributed by atoms with Gasteiger partial charge in [-0.3, -0.25) is 14.9 Å². The molecule has 2 aromatic rings. The van der Waals surface area contributed by atoms with Gasteiger partial charge in [0.2, 0.25) is 0 Å². The van der Waals surface area contributed by atoms with E-state index in [-0.39, 0.29) is 10.5 Å². The first-order chi connectivity index (χ1) is 10.2. The zero-order chi connectivity index (χ0) is 16.5. The van der Waals surface area contributed by atoms with Crippen LogP contribution in [-0.4, -0.2) is 24.1 Å². The number of hydrogen-bond acceptors (Lipinski definition) is 4. The number of nitrogens with one attached hydrogen (secondary N) is 2. The fourth-order valence-electron chi connectivity index (χ4n) is 1.98. The van der Waals surface area contributed by atoms with Gasteiger partial charge in [-0.25, -0.2) is 8.42 Å². The molecule has 0 aliphatic heterocycles. The number of hydrogen-bond donors (Lipinski definition) is 2. The van der Waals surface area contributed by atoms with Gasteiger partial charge in [0.15, 0.2) is 0 Å². The maximum atomic E-state index is 12.3. The van der Waals surface area contributed by atoms with Crippen LogP contribution >= 0.6 is 11.6 Å². The van der Waals surface area contributed by atoms with E-state index in [1.54, 1.807) is 33.0 Å². The molecule has 0 aliphatic carbocycles. The molecule has 0 atom stereocenters. The summed E-state index contributed by atoms with van der Waals surface area (Å²) in [6.45, 7) is 3.22. The van der Waals surface area contributed by atoms with Gasteiger partial charge in [-0.2, -0.15) is 5.10 Å². The molecule has 1 amide bonds. The Morgan fingerprint density at radius 2 is 1.82 bits per heavy atom. The molecule has 7 nitrogen and oxygen atoms in total. The van der Waals surface area contributed by atoms with Crippen LogP contribution in [0.15, 0.2) is 29.2 Å². The minimum atomic E-state index is -3.90. The Kier molecular flexibility index (Phi) is 4.55. The number of amides is 1. The second-order valence-corrected chi connectivity index (χ2v) is 6.75. The quantitative estimate of drug-likeness (QED) is 0.819. The van der Waals surface area contributed by atoms with Crippen molar-refractivity contribution in [2.45, 2.75) is 18.7 Å². The molecule has 9 heteroatoms. The first-order valence-electron chi connectivity index (χ1n) is 6.30. The molecule has 1 heterocycles. The minimum absolute atomic E-state index is 0.0476. The summed E-state index contributed by atoms with van der Waals surface area (Å²) in [5.74, 6) is -0.584. The van der Waals surface area contributed by atoms with Gasteiger partial charge in [0.05, 0.1) is 11.4 Å². The molecule has 1 aromatic carbocycles. The van der Waals surface area contributed by atoms with Gasteiger partial charge in [-0.15, -0.1) is 4.83 Å². The van der Waals surface area contributed by atoms with Crippen LogP contribution in [0.4, 0.5) is 0 Å². The molecule has 0 bridgehead atoms. The topological polar surface area (TPSA) is 93.1 Å². The van der Waals surface area contributed by atoms with Crippen molar-refractivity contribution in [3.05, 3.63) is 46.2 Å². The lowest BCUT2D eigenvalue weighted by Crippen LogP contribution is -2.41. The van der Waals surface area contributed by atoms with Crippen LogP contribution in [-0.2, 0) is 17.1 Å². The number of benzene rings is 1. The van der Waals surface area contributed by atoms with E-state index in [2.05, 4.69) is 15.4 Å². The summed E-state index contributed by atoms with van der Waals surface area (Å²) in [6.07, 6.45) is 0. The lowest BCUT2D eigenvalue weighted by Gasteiger charge is -2.09. The SMILES string of the molecule is Cc1nn(C)c(C)c1S(=O)(=O)NNC(=O)c1ccc(Cl)cc1. The Morgan fingerprint density at radius 3 is 2.32 bits per heavy atom. The summed E-state index contributed by atoms with van der Waals surface area (Å²) in [5, 5.41) is 4.53. The first kappa shape index (κ1) is 16.5. The lowest BCUT2D eigenvalue weighted by molar-refractivity contribution is 0.0945. The highest BCUT2D eigenvalue weighted by Gasteiger charge is 2.24. The van der Waals surface area contributed by atoms with Gasteiger partial charge in [-0.05, 0) is 38.1 Å². The van der Waals surface area contributed by atoms with Crippen molar-refractivity contribution in [2.75, 3.05) is 0 Å². The molecule has 2 rings (SSSR count). The third-order valence-electron chi connectivity index (χ3n) is 3.12. The van der Waals surface area contributed by atoms with E-state index in [1.807, 2.05) is 0 Å². The molecule has 0 saturated carbocycles. The zero-order valence-electron chi connectivity index (χ0n) is 12.2. The summed E-state index contributed by atoms with van der Waals surface area (Å²) in [6, 6.07) is 6.07. The molecule has 0 saturated heterocycles. The summed E-state index contributed by atoms with van der Waals surface area (Å²) >= 11 is 5.73. The summed E-state index contributed by atoms with van der Waals surface area (Å²) in [7, 11) is -2.26. The molecular weight excluding hydrogens is 328 g/mol. The normalized spacial score (nSPS) is 11.5. The fourth-order valence-corrected chi connectivity index (χ4v) is 3.39. The average Bonchev–Trinajstić information content (AvgIpc) is 2.71. The van der Waals surface area contributed by atoms with Crippen LogP contribution in [0.3, 0.4) is 0 Å². The standard InChI is InChI=1S/C13H15ClN4O3S/c1-8-12(9(2)18(3)16-8)22(20,21)17-15-13(19)10-4-6-11(14)7-5-10/h4-7,17H,1-3H3,(H,15,19). The van der Waals surface area contributed by atoms with E-state index in [0.29, 0.717) is 16.4 Å². The van der Waals surface area contributed by atoms with Crippen molar-refractivity contribution >= 4 is 27.5 Å². The van der Waals surface area contributed by atoms with Crippen LogP contribution < -0.4 is 10.3 Å². The van der Waals surface area contributed by atoms with Crippen LogP contribution in [0.1, 0.15) is 21.7 Å². The zero-order valence-corrected chi connectivity index (χ0v) is 13.8. The number of carbonyl (C=O) groups is 1. The van der Waals surface area contributed by atoms with E-state index in [4.69, 9.17) is 11.6 Å². The monoisotopic (exact) mass is 342 g/mol. The molecule has 118 valence electrons. The number of carbonyl (C=O) groups excluding carboxylic acids is 1. The maximum absolute atomic E-state index is 12.3. The van der Waals surface area contributed by atoms with Crippen molar-refractivity contribution in [1.29, 1.82) is 0 Å². The number of aromatic nitrogens is 2. The number of halogens is 1. The Bertz CT molecular complexity index is 813. The molecule has 2 N–H and O–H groups in total. The first-order valence-corrected chi connectivity index (χ1v) is 8.16. The predicted octanol–water partition coefficient (Wildman–Crippen LogP) is 1.31. The lowest BCUT2D eigenvalue weighted by atomic mass is 10.2. The van der Waals surface area contributed by atoms with Gasteiger partial charge < -0.3 is 0 Å². The van der Waals surface area contributed by atoms with Gasteiger partial charge >= 0.3 is 0 Å². The molecule has 0 radical (unpaired) electrons. The van der Waals surface area contributed by atoms with Gasteiger partial charge in [0.25, 0.3) is 15.9 Å². The van der Waals surface area contributed by atoms with E-state index in [9.17, 15) is 13.2 Å². The molecule has 1 aromatic heterocycles. The average molecular weight is 343 g/mol. The predicted molar refractivity (Wildman–Crippen MR) is 81.9 cm³/mol. The number of nitrogens with zero attached hydrogens (tertiary/aromatic N) is 2. The number of sulfonamides is 1. The Labute approximate surface area is 133 Å². The molecular formula is C13H15ClN4O3S. The van der Waals surface area contributed by atoms with Crippen molar-refractivity contribution in [1.82, 2.24) is 20.0 Å². The Balaban J connectivity index is 2.16. The van der Waals surface area contributed by atoms with Gasteiger partial charge in [-0.1, -0.05) is 11.6 Å². The molecule has 0 unspecified atom stereocenters. The van der Waals surface area contributed by atoms with E-state index in [1.165, 1.54) is 16.8 Å². The minimum Gasteiger partial charge on any atom is -0.273 e. The smallest absolute Gasteiger partial charge is 0.266 e. The highest BCUT2D eigenvalue weighted by molar-refractivity contribution is 7.89. The van der Waals surface area contributed by atoms with E-state index < -0.39 is 15.9 Å². The highest BCUT2D eigenvalue weighted by Crippen LogP contribution is 2.17. The Hall–Kier alpha value is -1.90. The largest absolute Gasteiger partial charge is 0.273 e.